The number of ether oxygens (including phenoxy) is 1. The molecule has 4 unspecified atom stereocenters. The highest BCUT2D eigenvalue weighted by molar-refractivity contribution is 8.69. The fourth-order valence-electron chi connectivity index (χ4n) is 3.30. The van der Waals surface area contributed by atoms with E-state index in [1.165, 1.54) is 52.6 Å². The second-order valence-corrected chi connectivity index (χ2v) is 39.8. The second-order valence-electron chi connectivity index (χ2n) is 14.5. The molecule has 0 aliphatic carbocycles. The summed E-state index contributed by atoms with van der Waals surface area (Å²) in [4.78, 5) is 11.8. The molecule has 0 aromatic carbocycles. The van der Waals surface area contributed by atoms with Gasteiger partial charge in [-0.1, -0.05) is 101 Å². The predicted octanol–water partition coefficient (Wildman–Crippen LogP) is 12.7. The molecule has 0 aliphatic rings. The molecule has 0 aromatic heterocycles. The summed E-state index contributed by atoms with van der Waals surface area (Å²) in [6.45, 7) is 28.5. The number of carbonyl (C=O) groups excluding carboxylic acids is 1. The third kappa shape index (κ3) is 29.4. The molecule has 0 bridgehead atoms. The zero-order valence-electron chi connectivity index (χ0n) is 34.6. The van der Waals surface area contributed by atoms with Gasteiger partial charge in [-0.3, -0.25) is 4.79 Å². The van der Waals surface area contributed by atoms with Gasteiger partial charge in [0.2, 0.25) is 22.8 Å². The maximum absolute atomic E-state index is 11.8. The molecule has 0 radical (unpaired) electrons. The van der Waals surface area contributed by atoms with Gasteiger partial charge in [-0.05, 0) is 106 Å². The molecule has 0 spiro atoms. The average molecular weight is 993 g/mol. The Morgan fingerprint density at radius 1 is 0.481 bits per heavy atom. The largest absolute Gasteiger partial charge is 0.469 e. The summed E-state index contributed by atoms with van der Waals surface area (Å²) < 4.78 is 55.3. The Labute approximate surface area is 365 Å². The van der Waals surface area contributed by atoms with Gasteiger partial charge in [-0.25, -0.2) is 0 Å². The van der Waals surface area contributed by atoms with Crippen LogP contribution in [0, 0.1) is 23.7 Å². The van der Waals surface area contributed by atoms with Crippen molar-refractivity contribution in [2.75, 3.05) is 56.5 Å². The van der Waals surface area contributed by atoms with Gasteiger partial charge in [0, 0.05) is 23.0 Å². The van der Waals surface area contributed by atoms with Crippen molar-refractivity contribution < 1.29 is 45.7 Å². The molecule has 0 saturated carbocycles. The lowest BCUT2D eigenvalue weighted by Crippen LogP contribution is -2.17. The Morgan fingerprint density at radius 2 is 0.778 bits per heavy atom. The van der Waals surface area contributed by atoms with Crippen LogP contribution in [-0.4, -0.2) is 86.9 Å². The Bertz CT molecular complexity index is 1160. The van der Waals surface area contributed by atoms with Crippen molar-refractivity contribution in [2.45, 2.75) is 121 Å². The number of hydrogen-bond acceptors (Lipinski definition) is 18. The Kier molecular flexibility index (Phi) is 31.2. The first-order valence-corrected chi connectivity index (χ1v) is 35.1. The summed E-state index contributed by atoms with van der Waals surface area (Å²) in [6.07, 6.45) is -0.948. The van der Waals surface area contributed by atoms with Crippen LogP contribution in [0.1, 0.15) is 96.4 Å². The summed E-state index contributed by atoms with van der Waals surface area (Å²) in [5.74, 6) is 2.85. The molecule has 22 heteroatoms. The summed E-state index contributed by atoms with van der Waals surface area (Å²) in [6, 6.07) is 0. The van der Waals surface area contributed by atoms with E-state index < -0.39 is 22.8 Å². The van der Waals surface area contributed by atoms with Crippen molar-refractivity contribution >= 4 is 121 Å². The molecular formula is C32H68O10P4S8. The van der Waals surface area contributed by atoms with Gasteiger partial charge in [0.15, 0.2) is 0 Å². The molecule has 0 rings (SSSR count). The first kappa shape index (κ1) is 57.1. The maximum Gasteiger partial charge on any atom is 0.306 e. The molecule has 0 heterocycles. The van der Waals surface area contributed by atoms with E-state index in [1.807, 2.05) is 34.6 Å². The van der Waals surface area contributed by atoms with Crippen molar-refractivity contribution in [1.82, 2.24) is 0 Å². The highest BCUT2D eigenvalue weighted by atomic mass is 32.9. The van der Waals surface area contributed by atoms with Gasteiger partial charge in [0.1, 0.15) is 0 Å². The zero-order valence-corrected chi connectivity index (χ0v) is 44.7. The monoisotopic (exact) mass is 992 g/mol. The Morgan fingerprint density at radius 3 is 1.06 bits per heavy atom. The molecule has 324 valence electrons. The number of esters is 1. The van der Waals surface area contributed by atoms with Gasteiger partial charge < -0.3 is 40.9 Å². The number of methoxy groups -OCH3 is 1. The third-order valence-electron chi connectivity index (χ3n) is 5.72. The molecule has 0 saturated heterocycles. The molecule has 54 heavy (non-hydrogen) atoms. The summed E-state index contributed by atoms with van der Waals surface area (Å²) >= 11 is 29.8. The first-order chi connectivity index (χ1) is 24.8. The molecule has 0 amide bonds. The van der Waals surface area contributed by atoms with E-state index >= 15 is 0 Å². The lowest BCUT2D eigenvalue weighted by molar-refractivity contribution is -0.140. The smallest absolute Gasteiger partial charge is 0.306 e. The van der Waals surface area contributed by atoms with Gasteiger partial charge >= 0.3 is 5.97 Å². The normalized spacial score (nSPS) is 16.9. The van der Waals surface area contributed by atoms with Crippen LogP contribution in [-0.2, 0) is 92.9 Å². The van der Waals surface area contributed by atoms with Crippen LogP contribution < -0.4 is 0 Å². The van der Waals surface area contributed by atoms with Crippen LogP contribution in [0.15, 0.2) is 0 Å². The van der Waals surface area contributed by atoms with Gasteiger partial charge in [-0.2, -0.15) is 0 Å². The average Bonchev–Trinajstić information content (AvgIpc) is 3.05. The second kappa shape index (κ2) is 29.5. The highest BCUT2D eigenvalue weighted by Gasteiger charge is 2.32. The van der Waals surface area contributed by atoms with Crippen LogP contribution in [0.25, 0.3) is 0 Å². The highest BCUT2D eigenvalue weighted by Crippen LogP contribution is 2.68. The lowest BCUT2D eigenvalue weighted by atomic mass is 10.2. The molecule has 4 atom stereocenters. The zero-order chi connectivity index (χ0) is 41.8. The van der Waals surface area contributed by atoms with E-state index in [4.69, 9.17) is 88.2 Å². The van der Waals surface area contributed by atoms with Crippen LogP contribution in [0.3, 0.4) is 0 Å². The topological polar surface area (TPSA) is 100 Å². The Hall–Kier alpha value is 3.15. The third-order valence-corrected chi connectivity index (χ3v) is 27.7. The molecule has 0 N–H and O–H groups in total. The molecule has 0 aromatic rings. The van der Waals surface area contributed by atoms with Crippen molar-refractivity contribution in [3.05, 3.63) is 0 Å². The van der Waals surface area contributed by atoms with Crippen LogP contribution in [0.4, 0.5) is 0 Å². The quantitative estimate of drug-likeness (QED) is 0.0460. The lowest BCUT2D eigenvalue weighted by Gasteiger charge is -2.31. The minimum atomic E-state index is -3.00. The van der Waals surface area contributed by atoms with E-state index in [0.29, 0.717) is 73.1 Å². The van der Waals surface area contributed by atoms with Crippen LogP contribution >= 0.6 is 68.3 Å². The predicted molar refractivity (Wildman–Crippen MR) is 255 cm³/mol. The SMILES string of the molecule is COC(=O)CCSP(=S)(OC(C)C)OC(C)CSP(=S)(OC(C)CSP(=S)(OCC(C)C)OCC(C)C)OC(C)CSP(=S)(OCC(C)C)OCC(C)C. The van der Waals surface area contributed by atoms with Gasteiger partial charge in [0.25, 0.3) is 0 Å². The Balaban J connectivity index is 6.10. The minimum Gasteiger partial charge on any atom is -0.469 e. The summed E-state index contributed by atoms with van der Waals surface area (Å²) in [5, 5.41) is 0. The van der Waals surface area contributed by atoms with E-state index in [2.05, 4.69) is 55.4 Å². The van der Waals surface area contributed by atoms with E-state index in [1.54, 1.807) is 0 Å². The van der Waals surface area contributed by atoms with E-state index in [9.17, 15) is 4.79 Å². The van der Waals surface area contributed by atoms with Crippen molar-refractivity contribution in [1.29, 1.82) is 0 Å². The fraction of sp³-hybridized carbons (Fsp3) is 0.969. The minimum absolute atomic E-state index is 0.156. The van der Waals surface area contributed by atoms with Crippen molar-refractivity contribution in [3.8, 4) is 0 Å². The number of carbonyl (C=O) groups is 1. The van der Waals surface area contributed by atoms with Crippen molar-refractivity contribution in [2.24, 2.45) is 23.7 Å². The molecular weight excluding hydrogens is 925 g/mol. The summed E-state index contributed by atoms with van der Waals surface area (Å²) in [7, 11) is 1.36. The van der Waals surface area contributed by atoms with Crippen LogP contribution in [0.2, 0.25) is 0 Å². The maximum atomic E-state index is 11.8. The number of hydrogen-bond donors (Lipinski definition) is 0. The van der Waals surface area contributed by atoms with Crippen molar-refractivity contribution in [3.63, 3.8) is 0 Å². The van der Waals surface area contributed by atoms with Gasteiger partial charge in [-0.15, -0.1) is 0 Å². The molecule has 0 aliphatic heterocycles. The fourth-order valence-corrected chi connectivity index (χ4v) is 23.8. The summed E-state index contributed by atoms with van der Waals surface area (Å²) in [5.41, 5.74) is -11.1. The van der Waals surface area contributed by atoms with E-state index in [0.717, 1.165) is 0 Å². The molecule has 10 nitrogen and oxygen atoms in total. The van der Waals surface area contributed by atoms with Gasteiger partial charge in [0.05, 0.1) is 64.4 Å². The van der Waals surface area contributed by atoms with Crippen LogP contribution in [0.5, 0.6) is 0 Å². The first-order valence-electron chi connectivity index (χ1n) is 18.2. The number of rotatable bonds is 33. The molecule has 0 fully saturated rings. The standard InChI is InChI=1S/C32H68O10P4S8/c1-24(2)17-35-43(47,36-18-25(3)4)52-21-29(11)41-46(50,42-30(12)22-53-44(48,37-19-26(5)6)38-20-27(7)8)54-23-31(13)40-45(49,39-28(9)10)51-16-15-32(33)34-14/h24-31H,15-23H2,1-14H3. The van der Waals surface area contributed by atoms with E-state index in [-0.39, 0.29) is 36.8 Å².